The van der Waals surface area contributed by atoms with E-state index in [4.69, 9.17) is 31.8 Å². The number of amidine groups is 2. The van der Waals surface area contributed by atoms with E-state index in [1.807, 2.05) is 12.1 Å². The molecule has 3 rings (SSSR count). The average Bonchev–Trinajstić information content (AvgIpc) is 2.77. The van der Waals surface area contributed by atoms with E-state index in [1.54, 1.807) is 54.6 Å². The summed E-state index contributed by atoms with van der Waals surface area (Å²) in [5.74, 6) is -0.0709. The highest BCUT2D eigenvalue weighted by Gasteiger charge is 2.15. The van der Waals surface area contributed by atoms with Crippen LogP contribution in [0.3, 0.4) is 0 Å². The number of rotatable bonds is 7. The molecule has 0 radical (unpaired) electrons. The van der Waals surface area contributed by atoms with E-state index in [9.17, 15) is 4.79 Å². The lowest BCUT2D eigenvalue weighted by Gasteiger charge is -2.13. The molecule has 0 aliphatic carbocycles. The van der Waals surface area contributed by atoms with Gasteiger partial charge in [-0.05, 0) is 34.9 Å². The lowest BCUT2D eigenvalue weighted by Crippen LogP contribution is -2.13. The van der Waals surface area contributed by atoms with Crippen molar-refractivity contribution >= 4 is 17.6 Å². The number of methoxy groups -OCH3 is 1. The fraction of sp³-hybridized carbons (Fsp3) is 0.0870. The number of carbonyl (C=O) groups excluding carboxylic acids is 1. The standard InChI is InChI=1S/C23H22N4O3/c1-29-23(28)19-12-14(13-30-20-5-3-2-4-18(20)22(26)27)6-11-17(19)15-7-9-16(10-8-15)21(24)25/h2-12H,13H2,1H3,(H3,24,25)(H3,26,27). The van der Waals surface area contributed by atoms with Crippen molar-refractivity contribution in [1.82, 2.24) is 0 Å². The zero-order valence-corrected chi connectivity index (χ0v) is 16.4. The Balaban J connectivity index is 1.91. The molecular weight excluding hydrogens is 380 g/mol. The summed E-state index contributed by atoms with van der Waals surface area (Å²) in [5.41, 5.74) is 14.9. The molecule has 0 saturated carbocycles. The number of hydrogen-bond donors (Lipinski definition) is 4. The van der Waals surface area contributed by atoms with Gasteiger partial charge in [0, 0.05) is 5.56 Å². The molecular formula is C23H22N4O3. The van der Waals surface area contributed by atoms with Crippen LogP contribution in [0.4, 0.5) is 0 Å². The Hall–Kier alpha value is -4.13. The number of nitrogens with one attached hydrogen (secondary N) is 2. The number of nitrogens with two attached hydrogens (primary N) is 2. The Morgan fingerprint density at radius 2 is 1.60 bits per heavy atom. The molecule has 6 N–H and O–H groups in total. The molecule has 0 heterocycles. The Bertz CT molecular complexity index is 1110. The van der Waals surface area contributed by atoms with Crippen molar-refractivity contribution in [3.8, 4) is 16.9 Å². The minimum Gasteiger partial charge on any atom is -0.488 e. The molecule has 0 bridgehead atoms. The Morgan fingerprint density at radius 3 is 2.23 bits per heavy atom. The first-order chi connectivity index (χ1) is 14.4. The van der Waals surface area contributed by atoms with Crippen LogP contribution in [0.25, 0.3) is 11.1 Å². The molecule has 0 aliphatic heterocycles. The van der Waals surface area contributed by atoms with Gasteiger partial charge in [-0.2, -0.15) is 0 Å². The zero-order chi connectivity index (χ0) is 21.7. The summed E-state index contributed by atoms with van der Waals surface area (Å²) in [5, 5.41) is 15.2. The maximum atomic E-state index is 12.4. The molecule has 0 unspecified atom stereocenters. The first-order valence-electron chi connectivity index (χ1n) is 9.13. The number of para-hydroxylation sites is 1. The molecule has 7 nitrogen and oxygen atoms in total. The van der Waals surface area contributed by atoms with Crippen molar-refractivity contribution in [2.75, 3.05) is 7.11 Å². The van der Waals surface area contributed by atoms with Crippen LogP contribution in [0, 0.1) is 10.8 Å². The van der Waals surface area contributed by atoms with Crippen molar-refractivity contribution in [2.45, 2.75) is 6.61 Å². The predicted octanol–water partition coefficient (Wildman–Crippen LogP) is 3.29. The highest BCUT2D eigenvalue weighted by molar-refractivity contribution is 5.99. The summed E-state index contributed by atoms with van der Waals surface area (Å²) in [6.45, 7) is 0.192. The number of carbonyl (C=O) groups is 1. The van der Waals surface area contributed by atoms with E-state index >= 15 is 0 Å². The Labute approximate surface area is 174 Å². The third kappa shape index (κ3) is 4.47. The molecule has 0 saturated heterocycles. The third-order valence-corrected chi connectivity index (χ3v) is 4.57. The second kappa shape index (κ2) is 8.91. The summed E-state index contributed by atoms with van der Waals surface area (Å²) in [7, 11) is 1.33. The van der Waals surface area contributed by atoms with E-state index in [1.165, 1.54) is 7.11 Å². The van der Waals surface area contributed by atoms with Gasteiger partial charge in [-0.25, -0.2) is 4.79 Å². The average molecular weight is 402 g/mol. The monoisotopic (exact) mass is 402 g/mol. The fourth-order valence-electron chi connectivity index (χ4n) is 3.02. The largest absolute Gasteiger partial charge is 0.488 e. The maximum Gasteiger partial charge on any atom is 0.338 e. The van der Waals surface area contributed by atoms with Crippen LogP contribution in [0.5, 0.6) is 5.75 Å². The first kappa shape index (κ1) is 20.6. The summed E-state index contributed by atoms with van der Waals surface area (Å²) < 4.78 is 10.8. The number of nitrogen functional groups attached to an aromatic ring is 2. The number of ether oxygens (including phenoxy) is 2. The van der Waals surface area contributed by atoms with Crippen LogP contribution in [0.2, 0.25) is 0 Å². The molecule has 0 amide bonds. The number of esters is 1. The predicted molar refractivity (Wildman–Crippen MR) is 116 cm³/mol. The van der Waals surface area contributed by atoms with E-state index in [0.29, 0.717) is 28.0 Å². The van der Waals surface area contributed by atoms with Crippen LogP contribution in [0.15, 0.2) is 66.7 Å². The normalized spacial score (nSPS) is 10.3. The number of benzene rings is 3. The van der Waals surface area contributed by atoms with Gasteiger partial charge in [-0.1, -0.05) is 48.5 Å². The molecule has 0 atom stereocenters. The van der Waals surface area contributed by atoms with Crippen LogP contribution in [0.1, 0.15) is 27.0 Å². The lowest BCUT2D eigenvalue weighted by molar-refractivity contribution is 0.0601. The summed E-state index contributed by atoms with van der Waals surface area (Å²) in [6, 6.07) is 19.5. The van der Waals surface area contributed by atoms with E-state index in [-0.39, 0.29) is 18.3 Å². The van der Waals surface area contributed by atoms with E-state index in [0.717, 1.165) is 11.1 Å². The second-order valence-corrected chi connectivity index (χ2v) is 6.56. The summed E-state index contributed by atoms with van der Waals surface area (Å²) in [4.78, 5) is 12.4. The molecule has 0 aliphatic rings. The SMILES string of the molecule is COC(=O)c1cc(COc2ccccc2C(=N)N)ccc1-c1ccc(C(=N)N)cc1. The van der Waals surface area contributed by atoms with Crippen LogP contribution in [-0.2, 0) is 11.3 Å². The van der Waals surface area contributed by atoms with Gasteiger partial charge >= 0.3 is 5.97 Å². The van der Waals surface area contributed by atoms with Gasteiger partial charge in [0.25, 0.3) is 0 Å². The van der Waals surface area contributed by atoms with Crippen molar-refractivity contribution < 1.29 is 14.3 Å². The minimum atomic E-state index is -0.466. The molecule has 3 aromatic rings. The van der Waals surface area contributed by atoms with Crippen LogP contribution < -0.4 is 16.2 Å². The molecule has 0 aromatic heterocycles. The van der Waals surface area contributed by atoms with Crippen molar-refractivity contribution in [3.63, 3.8) is 0 Å². The molecule has 152 valence electrons. The van der Waals surface area contributed by atoms with Gasteiger partial charge in [0.1, 0.15) is 24.0 Å². The van der Waals surface area contributed by atoms with Gasteiger partial charge in [0.15, 0.2) is 0 Å². The van der Waals surface area contributed by atoms with Crippen LogP contribution >= 0.6 is 0 Å². The second-order valence-electron chi connectivity index (χ2n) is 6.56. The van der Waals surface area contributed by atoms with Crippen molar-refractivity contribution in [2.24, 2.45) is 11.5 Å². The van der Waals surface area contributed by atoms with Gasteiger partial charge < -0.3 is 20.9 Å². The molecule has 30 heavy (non-hydrogen) atoms. The zero-order valence-electron chi connectivity index (χ0n) is 16.4. The van der Waals surface area contributed by atoms with Gasteiger partial charge in [-0.3, -0.25) is 10.8 Å². The lowest BCUT2D eigenvalue weighted by atomic mass is 9.96. The van der Waals surface area contributed by atoms with Gasteiger partial charge in [0.05, 0.1) is 18.2 Å². The van der Waals surface area contributed by atoms with Crippen molar-refractivity contribution in [3.05, 3.63) is 89.0 Å². The molecule has 0 spiro atoms. The number of hydrogen-bond acceptors (Lipinski definition) is 5. The van der Waals surface area contributed by atoms with Gasteiger partial charge in [-0.15, -0.1) is 0 Å². The quantitative estimate of drug-likeness (QED) is 0.273. The first-order valence-corrected chi connectivity index (χ1v) is 9.13. The molecule has 0 fully saturated rings. The fourth-order valence-corrected chi connectivity index (χ4v) is 3.02. The summed E-state index contributed by atoms with van der Waals surface area (Å²) >= 11 is 0. The minimum absolute atomic E-state index is 0.0203. The van der Waals surface area contributed by atoms with E-state index < -0.39 is 5.97 Å². The van der Waals surface area contributed by atoms with E-state index in [2.05, 4.69) is 0 Å². The highest BCUT2D eigenvalue weighted by Crippen LogP contribution is 2.27. The molecule has 7 heteroatoms. The Kier molecular flexibility index (Phi) is 6.12. The summed E-state index contributed by atoms with van der Waals surface area (Å²) in [6.07, 6.45) is 0. The highest BCUT2D eigenvalue weighted by atomic mass is 16.5. The Morgan fingerprint density at radius 1 is 0.900 bits per heavy atom. The van der Waals surface area contributed by atoms with Crippen molar-refractivity contribution in [1.29, 1.82) is 10.8 Å². The molecule has 3 aromatic carbocycles. The third-order valence-electron chi connectivity index (χ3n) is 4.57. The maximum absolute atomic E-state index is 12.4. The topological polar surface area (TPSA) is 135 Å². The van der Waals surface area contributed by atoms with Gasteiger partial charge in [0.2, 0.25) is 0 Å². The van der Waals surface area contributed by atoms with Crippen LogP contribution in [-0.4, -0.2) is 24.8 Å². The smallest absolute Gasteiger partial charge is 0.338 e.